The number of alkyl halides is 3. The Bertz CT molecular complexity index is 1080. The van der Waals surface area contributed by atoms with Gasteiger partial charge in [-0.1, -0.05) is 48.2 Å². The summed E-state index contributed by atoms with van der Waals surface area (Å²) in [5.41, 5.74) is 7.27. The number of nitriles is 1. The van der Waals surface area contributed by atoms with E-state index in [-0.39, 0.29) is 16.6 Å². The molecule has 0 aliphatic carbocycles. The second-order valence-electron chi connectivity index (χ2n) is 5.90. The van der Waals surface area contributed by atoms with Gasteiger partial charge in [-0.05, 0) is 23.1 Å². The lowest BCUT2D eigenvalue weighted by atomic mass is 10.1. The zero-order valence-corrected chi connectivity index (χ0v) is 16.9. The van der Waals surface area contributed by atoms with Crippen LogP contribution in [0.2, 0.25) is 0 Å². The van der Waals surface area contributed by atoms with Crippen LogP contribution in [-0.4, -0.2) is 10.8 Å². The lowest BCUT2D eigenvalue weighted by molar-refractivity contribution is -0.138. The smallest absolute Gasteiger partial charge is 0.384 e. The highest BCUT2D eigenvalue weighted by atomic mass is 32.2. The Morgan fingerprint density at radius 3 is 2.53 bits per heavy atom. The number of hydrazine groups is 1. The quantitative estimate of drug-likeness (QED) is 0.171. The van der Waals surface area contributed by atoms with Crippen LogP contribution < -0.4 is 17.1 Å². The molecule has 3 aromatic rings. The zero-order valence-electron chi connectivity index (χ0n) is 15.2. The van der Waals surface area contributed by atoms with Crippen molar-refractivity contribution < 1.29 is 13.2 Å². The first-order chi connectivity index (χ1) is 14.3. The molecule has 0 aliphatic heterocycles. The van der Waals surface area contributed by atoms with E-state index in [2.05, 4.69) is 15.6 Å². The van der Waals surface area contributed by atoms with E-state index in [1.807, 2.05) is 0 Å². The molecule has 0 aliphatic rings. The number of hydrogen-bond donors (Lipinski definition) is 3. The van der Waals surface area contributed by atoms with Crippen molar-refractivity contribution in [3.63, 3.8) is 0 Å². The van der Waals surface area contributed by atoms with Gasteiger partial charge in [0.15, 0.2) is 0 Å². The summed E-state index contributed by atoms with van der Waals surface area (Å²) in [6.07, 6.45) is -4.73. The van der Waals surface area contributed by atoms with E-state index in [0.717, 1.165) is 17.8 Å². The lowest BCUT2D eigenvalue weighted by Crippen LogP contribution is -2.26. The Labute approximate surface area is 178 Å². The summed E-state index contributed by atoms with van der Waals surface area (Å²) in [6, 6.07) is 14.7. The van der Waals surface area contributed by atoms with Gasteiger partial charge in [0.25, 0.3) is 0 Å². The molecule has 0 amide bonds. The molecule has 1 unspecified atom stereocenters. The summed E-state index contributed by atoms with van der Waals surface area (Å²) in [5.74, 6) is 5.24. The number of nitrogens with zero attached hydrogens (tertiary/aromatic N) is 3. The number of hydrogen-bond acceptors (Lipinski definition) is 7. The summed E-state index contributed by atoms with van der Waals surface area (Å²) in [4.78, 5) is 4.91. The Morgan fingerprint density at radius 2 is 1.97 bits per heavy atom. The summed E-state index contributed by atoms with van der Waals surface area (Å²) in [7, 11) is 0. The fourth-order valence-electron chi connectivity index (χ4n) is 2.66. The number of thioether (sulfide) groups is 1. The summed E-state index contributed by atoms with van der Waals surface area (Å²) in [5, 5.41) is 14.2. The lowest BCUT2D eigenvalue weighted by Gasteiger charge is -2.19. The van der Waals surface area contributed by atoms with Gasteiger partial charge in [-0.3, -0.25) is 0 Å². The third-order valence-corrected chi connectivity index (χ3v) is 6.13. The molecule has 1 atom stereocenters. The largest absolute Gasteiger partial charge is 0.417 e. The van der Waals surface area contributed by atoms with Gasteiger partial charge in [0.1, 0.15) is 16.9 Å². The second kappa shape index (κ2) is 9.17. The third-order valence-electron chi connectivity index (χ3n) is 3.97. The van der Waals surface area contributed by atoms with Crippen LogP contribution in [0.25, 0.3) is 10.6 Å². The van der Waals surface area contributed by atoms with Crippen molar-refractivity contribution in [3.05, 3.63) is 70.6 Å². The van der Waals surface area contributed by atoms with Gasteiger partial charge in [-0.15, -0.1) is 11.3 Å². The summed E-state index contributed by atoms with van der Waals surface area (Å²) < 4.78 is 41.2. The maximum absolute atomic E-state index is 13.7. The van der Waals surface area contributed by atoms with Crippen LogP contribution in [0.1, 0.15) is 21.9 Å². The molecule has 6 nitrogen and oxygen atoms in total. The Morgan fingerprint density at radius 1 is 1.23 bits per heavy atom. The first kappa shape index (κ1) is 21.6. The predicted octanol–water partition coefficient (Wildman–Crippen LogP) is 4.27. The molecule has 2 heterocycles. The second-order valence-corrected chi connectivity index (χ2v) is 7.94. The fourth-order valence-corrected chi connectivity index (χ4v) is 4.46. The number of nitrogens with two attached hydrogens (primary N) is 2. The van der Waals surface area contributed by atoms with E-state index in [1.165, 1.54) is 11.3 Å². The van der Waals surface area contributed by atoms with Crippen molar-refractivity contribution in [3.8, 4) is 16.6 Å². The van der Waals surface area contributed by atoms with Gasteiger partial charge >= 0.3 is 6.18 Å². The zero-order chi connectivity index (χ0) is 21.7. The molecular weight excluding hydrogens is 433 g/mol. The van der Waals surface area contributed by atoms with Crippen molar-refractivity contribution in [1.29, 1.82) is 5.26 Å². The molecule has 0 bridgehead atoms. The van der Waals surface area contributed by atoms with Crippen LogP contribution in [0.5, 0.6) is 0 Å². The van der Waals surface area contributed by atoms with Gasteiger partial charge in [0.2, 0.25) is 0 Å². The maximum Gasteiger partial charge on any atom is 0.417 e. The number of rotatable bonds is 6. The molecule has 30 heavy (non-hydrogen) atoms. The third kappa shape index (κ3) is 4.73. The predicted molar refractivity (Wildman–Crippen MR) is 111 cm³/mol. The highest BCUT2D eigenvalue weighted by molar-refractivity contribution is 8.00. The standard InChI is InChI=1S/C19H15F3N6S2/c20-19(21,22)13-9-14(15-7-4-8-29-15)26-18(12(13)10-23)30-16(17(24)27-28-25)11-5-2-1-3-6-11/h1-9,16,28H,25H2,(H2,24,27). The minimum atomic E-state index is -4.73. The number of pyridine rings is 1. The van der Waals surface area contributed by atoms with Gasteiger partial charge < -0.3 is 5.73 Å². The SMILES string of the molecule is N#Cc1c(C(F)(F)F)cc(-c2cccs2)nc1SC(/C(N)=N/NN)c1ccccc1. The summed E-state index contributed by atoms with van der Waals surface area (Å²) in [6.45, 7) is 0. The highest BCUT2D eigenvalue weighted by Crippen LogP contribution is 2.42. The van der Waals surface area contributed by atoms with E-state index >= 15 is 0 Å². The van der Waals surface area contributed by atoms with E-state index in [0.29, 0.717) is 10.4 Å². The fraction of sp³-hybridized carbons (Fsp3) is 0.105. The molecule has 5 N–H and O–H groups in total. The minimum absolute atomic E-state index is 0.0227. The number of benzene rings is 1. The Balaban J connectivity index is 2.18. The van der Waals surface area contributed by atoms with Crippen LogP contribution in [0.4, 0.5) is 13.2 Å². The normalized spacial score (nSPS) is 13.0. The molecule has 0 fully saturated rings. The van der Waals surface area contributed by atoms with Crippen LogP contribution in [-0.2, 0) is 6.18 Å². The van der Waals surface area contributed by atoms with E-state index in [9.17, 15) is 18.4 Å². The molecule has 0 saturated heterocycles. The molecule has 1 aromatic carbocycles. The molecule has 11 heteroatoms. The summed E-state index contributed by atoms with van der Waals surface area (Å²) >= 11 is 2.15. The average Bonchev–Trinajstić information content (AvgIpc) is 3.26. The number of halogens is 3. The van der Waals surface area contributed by atoms with Crippen LogP contribution in [0, 0.1) is 11.3 Å². The number of aromatic nitrogens is 1. The molecule has 154 valence electrons. The van der Waals surface area contributed by atoms with Crippen LogP contribution in [0.3, 0.4) is 0 Å². The van der Waals surface area contributed by atoms with Crippen molar-refractivity contribution in [2.24, 2.45) is 16.7 Å². The van der Waals surface area contributed by atoms with Crippen molar-refractivity contribution in [2.75, 3.05) is 0 Å². The number of amidine groups is 1. The first-order valence-electron chi connectivity index (χ1n) is 8.41. The molecule has 2 aromatic heterocycles. The van der Waals surface area contributed by atoms with E-state index < -0.39 is 22.6 Å². The Kier molecular flexibility index (Phi) is 6.61. The molecule has 0 saturated carbocycles. The van der Waals surface area contributed by atoms with Crippen molar-refractivity contribution in [1.82, 2.24) is 10.5 Å². The van der Waals surface area contributed by atoms with E-state index in [4.69, 9.17) is 11.6 Å². The molecular formula is C19H15F3N6S2. The van der Waals surface area contributed by atoms with Crippen LogP contribution in [0.15, 0.2) is 64.0 Å². The van der Waals surface area contributed by atoms with E-state index in [1.54, 1.807) is 53.9 Å². The number of nitrogens with one attached hydrogen (secondary N) is 1. The van der Waals surface area contributed by atoms with Gasteiger partial charge in [-0.2, -0.15) is 23.5 Å². The average molecular weight is 448 g/mol. The van der Waals surface area contributed by atoms with Crippen LogP contribution >= 0.6 is 23.1 Å². The highest BCUT2D eigenvalue weighted by Gasteiger charge is 2.37. The monoisotopic (exact) mass is 448 g/mol. The van der Waals surface area contributed by atoms with Gasteiger partial charge in [0, 0.05) is 0 Å². The number of thiophene rings is 1. The minimum Gasteiger partial charge on any atom is -0.384 e. The topological polar surface area (TPSA) is 113 Å². The first-order valence-corrected chi connectivity index (χ1v) is 10.2. The molecule has 3 rings (SSSR count). The molecule has 0 spiro atoms. The van der Waals surface area contributed by atoms with Gasteiger partial charge in [0.05, 0.1) is 26.9 Å². The molecule has 0 radical (unpaired) electrons. The van der Waals surface area contributed by atoms with Crippen molar-refractivity contribution >= 4 is 28.9 Å². The van der Waals surface area contributed by atoms with Crippen molar-refractivity contribution in [2.45, 2.75) is 16.5 Å². The number of hydrazone groups is 1. The van der Waals surface area contributed by atoms with Gasteiger partial charge in [-0.25, -0.2) is 16.4 Å². The Hall–Kier alpha value is -3.07. The maximum atomic E-state index is 13.7.